The molecule has 0 saturated heterocycles. The van der Waals surface area contributed by atoms with Gasteiger partial charge in [0.1, 0.15) is 6.61 Å². The number of aryl methyl sites for hydroxylation is 1. The molecule has 4 aromatic carbocycles. The highest BCUT2D eigenvalue weighted by atomic mass is 79.9. The van der Waals surface area contributed by atoms with E-state index < -0.39 is 0 Å². The number of benzene rings is 4. The molecule has 6 heteroatoms. The monoisotopic (exact) mass is 570 g/mol. The molecule has 0 heterocycles. The minimum atomic E-state index is -0.367. The Labute approximate surface area is 232 Å². The van der Waals surface area contributed by atoms with Crippen LogP contribution in [0.5, 0.6) is 11.5 Å². The molecule has 5 nitrogen and oxygen atoms in total. The number of hydrogen-bond acceptors (Lipinski definition) is 4. The first-order valence-electron chi connectivity index (χ1n) is 12.6. The summed E-state index contributed by atoms with van der Waals surface area (Å²) in [5.41, 5.74) is 7.82. The van der Waals surface area contributed by atoms with Crippen LogP contribution in [-0.4, -0.2) is 18.7 Å². The van der Waals surface area contributed by atoms with Crippen LogP contribution in [0.3, 0.4) is 0 Å². The normalized spacial score (nSPS) is 11.8. The van der Waals surface area contributed by atoms with Gasteiger partial charge < -0.3 is 9.47 Å². The standard InChI is InChI=1S/C32H31BrN2O3/c1-3-37-30-19-25(18-29(33)31(30)38-22-24-13-6-4-7-14-24)21-34-35-32(36)28(26-15-8-5-9-16-26)20-27-17-11-10-12-23(27)2/h4-19,21,28H,3,20,22H2,1-2H3,(H,35,36)/b34-21+. The van der Waals surface area contributed by atoms with Crippen molar-refractivity contribution in [2.24, 2.45) is 5.10 Å². The summed E-state index contributed by atoms with van der Waals surface area (Å²) < 4.78 is 12.7. The van der Waals surface area contributed by atoms with Gasteiger partial charge in [-0.3, -0.25) is 4.79 Å². The van der Waals surface area contributed by atoms with Gasteiger partial charge in [-0.25, -0.2) is 5.43 Å². The maximum absolute atomic E-state index is 13.3. The van der Waals surface area contributed by atoms with Crippen LogP contribution < -0.4 is 14.9 Å². The molecule has 0 aliphatic rings. The summed E-state index contributed by atoms with van der Waals surface area (Å²) in [7, 11) is 0. The highest BCUT2D eigenvalue weighted by Gasteiger charge is 2.21. The van der Waals surface area contributed by atoms with E-state index in [1.807, 2.05) is 91.9 Å². The van der Waals surface area contributed by atoms with Gasteiger partial charge in [-0.05, 0) is 76.1 Å². The Morgan fingerprint density at radius 3 is 2.34 bits per heavy atom. The van der Waals surface area contributed by atoms with Crippen molar-refractivity contribution < 1.29 is 14.3 Å². The molecule has 0 spiro atoms. The summed E-state index contributed by atoms with van der Waals surface area (Å²) in [5, 5.41) is 4.28. The molecule has 4 aromatic rings. The zero-order chi connectivity index (χ0) is 26.7. The maximum Gasteiger partial charge on any atom is 0.247 e. The van der Waals surface area contributed by atoms with Gasteiger partial charge in [-0.1, -0.05) is 84.9 Å². The van der Waals surface area contributed by atoms with E-state index in [2.05, 4.69) is 45.5 Å². The first-order valence-corrected chi connectivity index (χ1v) is 13.4. The van der Waals surface area contributed by atoms with Gasteiger partial charge >= 0.3 is 0 Å². The summed E-state index contributed by atoms with van der Waals surface area (Å²) in [6.07, 6.45) is 2.20. The van der Waals surface area contributed by atoms with E-state index >= 15 is 0 Å². The number of nitrogens with zero attached hydrogens (tertiary/aromatic N) is 1. The quantitative estimate of drug-likeness (QED) is 0.153. The summed E-state index contributed by atoms with van der Waals surface area (Å²) in [6.45, 7) is 4.90. The molecule has 0 fully saturated rings. The number of amides is 1. The number of hydrazone groups is 1. The van der Waals surface area contributed by atoms with Crippen LogP contribution in [0.15, 0.2) is 107 Å². The Morgan fingerprint density at radius 2 is 1.63 bits per heavy atom. The van der Waals surface area contributed by atoms with E-state index in [1.165, 1.54) is 0 Å². The van der Waals surface area contributed by atoms with Crippen molar-refractivity contribution in [2.75, 3.05) is 6.61 Å². The summed E-state index contributed by atoms with van der Waals surface area (Å²) in [4.78, 5) is 13.3. The van der Waals surface area contributed by atoms with Gasteiger partial charge in [0, 0.05) is 0 Å². The molecule has 38 heavy (non-hydrogen) atoms. The smallest absolute Gasteiger partial charge is 0.247 e. The van der Waals surface area contributed by atoms with Crippen LogP contribution in [0.1, 0.15) is 40.7 Å². The highest BCUT2D eigenvalue weighted by molar-refractivity contribution is 9.10. The first-order chi connectivity index (χ1) is 18.5. The van der Waals surface area contributed by atoms with Crippen LogP contribution >= 0.6 is 15.9 Å². The summed E-state index contributed by atoms with van der Waals surface area (Å²) in [5.74, 6) is 0.697. The zero-order valence-electron chi connectivity index (χ0n) is 21.6. The fourth-order valence-corrected chi connectivity index (χ4v) is 4.72. The van der Waals surface area contributed by atoms with Crippen LogP contribution in [0.25, 0.3) is 0 Å². The van der Waals surface area contributed by atoms with E-state index in [-0.39, 0.29) is 11.8 Å². The predicted molar refractivity (Wildman–Crippen MR) is 156 cm³/mol. The molecule has 0 aliphatic heterocycles. The van der Waals surface area contributed by atoms with E-state index in [1.54, 1.807) is 6.21 Å². The molecule has 1 unspecified atom stereocenters. The lowest BCUT2D eigenvalue weighted by molar-refractivity contribution is -0.122. The van der Waals surface area contributed by atoms with Crippen molar-refractivity contribution in [3.63, 3.8) is 0 Å². The molecule has 1 atom stereocenters. The Kier molecular flexibility index (Phi) is 9.71. The highest BCUT2D eigenvalue weighted by Crippen LogP contribution is 2.37. The van der Waals surface area contributed by atoms with Crippen LogP contribution in [-0.2, 0) is 17.8 Å². The van der Waals surface area contributed by atoms with Crippen LogP contribution in [0, 0.1) is 6.92 Å². The predicted octanol–water partition coefficient (Wildman–Crippen LogP) is 7.21. The number of ether oxygens (including phenoxy) is 2. The second-order valence-electron chi connectivity index (χ2n) is 8.87. The second kappa shape index (κ2) is 13.6. The number of carbonyl (C=O) groups excluding carboxylic acids is 1. The molecule has 194 valence electrons. The topological polar surface area (TPSA) is 59.9 Å². The molecule has 0 aromatic heterocycles. The maximum atomic E-state index is 13.3. The lowest BCUT2D eigenvalue weighted by Gasteiger charge is -2.17. The van der Waals surface area contributed by atoms with Gasteiger partial charge in [-0.15, -0.1) is 0 Å². The fraction of sp³-hybridized carbons (Fsp3) is 0.188. The Balaban J connectivity index is 1.49. The van der Waals surface area contributed by atoms with Crippen molar-refractivity contribution in [3.05, 3.63) is 129 Å². The van der Waals surface area contributed by atoms with Crippen LogP contribution in [0.4, 0.5) is 0 Å². The molecular weight excluding hydrogens is 540 g/mol. The molecule has 0 saturated carbocycles. The Morgan fingerprint density at radius 1 is 0.947 bits per heavy atom. The van der Waals surface area contributed by atoms with Gasteiger partial charge in [-0.2, -0.15) is 5.10 Å². The molecule has 1 amide bonds. The van der Waals surface area contributed by atoms with E-state index in [4.69, 9.17) is 9.47 Å². The third-order valence-corrected chi connectivity index (χ3v) is 6.74. The van der Waals surface area contributed by atoms with Crippen molar-refractivity contribution in [2.45, 2.75) is 32.8 Å². The minimum Gasteiger partial charge on any atom is -0.490 e. The van der Waals surface area contributed by atoms with Crippen molar-refractivity contribution in [1.82, 2.24) is 5.43 Å². The average Bonchev–Trinajstić information content (AvgIpc) is 2.93. The van der Waals surface area contributed by atoms with Crippen LogP contribution in [0.2, 0.25) is 0 Å². The largest absolute Gasteiger partial charge is 0.490 e. The van der Waals surface area contributed by atoms with E-state index in [0.29, 0.717) is 31.1 Å². The zero-order valence-corrected chi connectivity index (χ0v) is 23.1. The SMILES string of the molecule is CCOc1cc(/C=N/NC(=O)C(Cc2ccccc2C)c2ccccc2)cc(Br)c1OCc1ccccc1. The number of hydrogen-bond donors (Lipinski definition) is 1. The average molecular weight is 572 g/mol. The first kappa shape index (κ1) is 27.1. The van der Waals surface area contributed by atoms with Gasteiger partial charge in [0.2, 0.25) is 5.91 Å². The molecule has 1 N–H and O–H groups in total. The molecule has 0 bridgehead atoms. The van der Waals surface area contributed by atoms with Gasteiger partial charge in [0.25, 0.3) is 0 Å². The molecule has 0 aliphatic carbocycles. The molecule has 4 rings (SSSR count). The van der Waals surface area contributed by atoms with Gasteiger partial charge in [0.05, 0.1) is 23.2 Å². The third kappa shape index (κ3) is 7.33. The van der Waals surface area contributed by atoms with Crippen molar-refractivity contribution in [3.8, 4) is 11.5 Å². The Hall–Kier alpha value is -3.90. The van der Waals surface area contributed by atoms with Crippen molar-refractivity contribution in [1.29, 1.82) is 0 Å². The minimum absolute atomic E-state index is 0.164. The number of halogens is 1. The lowest BCUT2D eigenvalue weighted by Crippen LogP contribution is -2.27. The van der Waals surface area contributed by atoms with Crippen molar-refractivity contribution >= 4 is 28.1 Å². The number of rotatable bonds is 11. The second-order valence-corrected chi connectivity index (χ2v) is 9.72. The Bertz CT molecular complexity index is 1370. The summed E-state index contributed by atoms with van der Waals surface area (Å²) in [6, 6.07) is 31.6. The van der Waals surface area contributed by atoms with E-state index in [0.717, 1.165) is 32.3 Å². The fourth-order valence-electron chi connectivity index (χ4n) is 4.15. The number of nitrogens with one attached hydrogen (secondary N) is 1. The van der Waals surface area contributed by atoms with Gasteiger partial charge in [0.15, 0.2) is 11.5 Å². The lowest BCUT2D eigenvalue weighted by atomic mass is 9.90. The van der Waals surface area contributed by atoms with E-state index in [9.17, 15) is 4.79 Å². The molecule has 0 radical (unpaired) electrons. The third-order valence-electron chi connectivity index (χ3n) is 6.15. The number of carbonyl (C=O) groups is 1. The molecular formula is C32H31BrN2O3. The summed E-state index contributed by atoms with van der Waals surface area (Å²) >= 11 is 3.61.